The largest absolute Gasteiger partial charge is 0.492 e. The van der Waals surface area contributed by atoms with Crippen LogP contribution < -0.4 is 10.1 Å². The summed E-state index contributed by atoms with van der Waals surface area (Å²) in [6.45, 7) is 5.19. The molecule has 1 N–H and O–H groups in total. The number of ether oxygens (including phenoxy) is 2. The van der Waals surface area contributed by atoms with Crippen molar-refractivity contribution in [1.82, 2.24) is 14.8 Å². The molecule has 6 nitrogen and oxygen atoms in total. The standard InChI is InChI=1S/C20H26FN3O3/c1-2-17-14-22-7-10-24(17)20(25)27-15-16-13-18(5-6-19(16)21)26-12-11-23-8-3-4-9-23/h3-6,8-9,13,17,22H,2,7,10-12,14-15H2,1H3. The van der Waals surface area contributed by atoms with Crippen molar-refractivity contribution >= 4 is 6.09 Å². The first kappa shape index (κ1) is 19.2. The third-order valence-corrected chi connectivity index (χ3v) is 4.71. The summed E-state index contributed by atoms with van der Waals surface area (Å²) >= 11 is 0. The molecule has 0 bridgehead atoms. The average molecular weight is 375 g/mol. The highest BCUT2D eigenvalue weighted by molar-refractivity contribution is 5.68. The fourth-order valence-corrected chi connectivity index (χ4v) is 3.13. The van der Waals surface area contributed by atoms with Crippen molar-refractivity contribution in [2.24, 2.45) is 0 Å². The van der Waals surface area contributed by atoms with Gasteiger partial charge in [0.15, 0.2) is 0 Å². The number of aromatic nitrogens is 1. The minimum Gasteiger partial charge on any atom is -0.492 e. The molecule has 27 heavy (non-hydrogen) atoms. The van der Waals surface area contributed by atoms with Crippen molar-refractivity contribution in [3.63, 3.8) is 0 Å². The Morgan fingerprint density at radius 2 is 2.15 bits per heavy atom. The summed E-state index contributed by atoms with van der Waals surface area (Å²) in [6, 6.07) is 8.53. The van der Waals surface area contributed by atoms with E-state index >= 15 is 0 Å². The number of halogens is 1. The van der Waals surface area contributed by atoms with Gasteiger partial charge < -0.3 is 24.3 Å². The Balaban J connectivity index is 1.53. The molecule has 1 saturated heterocycles. The molecular formula is C20H26FN3O3. The lowest BCUT2D eigenvalue weighted by Crippen LogP contribution is -2.53. The SMILES string of the molecule is CCC1CNCCN1C(=O)OCc1cc(OCCn2cccc2)ccc1F. The number of carbonyl (C=O) groups excluding carboxylic acids is 1. The molecule has 0 radical (unpaired) electrons. The minimum absolute atomic E-state index is 0.111. The van der Waals surface area contributed by atoms with Gasteiger partial charge in [0.2, 0.25) is 0 Å². The van der Waals surface area contributed by atoms with Crippen LogP contribution in [-0.4, -0.2) is 47.8 Å². The van der Waals surface area contributed by atoms with Gasteiger partial charge >= 0.3 is 6.09 Å². The summed E-state index contributed by atoms with van der Waals surface area (Å²) in [5.41, 5.74) is 0.310. The number of rotatable bonds is 7. The van der Waals surface area contributed by atoms with Crippen molar-refractivity contribution in [3.8, 4) is 5.75 Å². The van der Waals surface area contributed by atoms with Crippen molar-refractivity contribution in [2.75, 3.05) is 26.2 Å². The second kappa shape index (κ2) is 9.41. The molecule has 1 aliphatic heterocycles. The fraction of sp³-hybridized carbons (Fsp3) is 0.450. The molecule has 0 saturated carbocycles. The lowest BCUT2D eigenvalue weighted by molar-refractivity contribution is 0.0706. The number of benzene rings is 1. The molecule has 1 amide bonds. The molecule has 0 spiro atoms. The maximum atomic E-state index is 14.1. The molecule has 1 aliphatic rings. The second-order valence-electron chi connectivity index (χ2n) is 6.54. The van der Waals surface area contributed by atoms with E-state index in [4.69, 9.17) is 9.47 Å². The van der Waals surface area contributed by atoms with E-state index in [2.05, 4.69) is 5.32 Å². The average Bonchev–Trinajstić information content (AvgIpc) is 3.21. The number of hydrogen-bond acceptors (Lipinski definition) is 4. The molecular weight excluding hydrogens is 349 g/mol. The Hall–Kier alpha value is -2.54. The molecule has 1 unspecified atom stereocenters. The Morgan fingerprint density at radius 1 is 1.33 bits per heavy atom. The Morgan fingerprint density at radius 3 is 2.93 bits per heavy atom. The molecule has 1 atom stereocenters. The summed E-state index contributed by atoms with van der Waals surface area (Å²) in [7, 11) is 0. The van der Waals surface area contributed by atoms with E-state index in [1.165, 1.54) is 6.07 Å². The number of nitrogens with one attached hydrogen (secondary N) is 1. The third-order valence-electron chi connectivity index (χ3n) is 4.71. The first-order chi connectivity index (χ1) is 13.2. The Kier molecular flexibility index (Phi) is 6.70. The Labute approximate surface area is 158 Å². The van der Waals surface area contributed by atoms with Gasteiger partial charge in [-0.25, -0.2) is 9.18 Å². The van der Waals surface area contributed by atoms with Crippen LogP contribution in [0.2, 0.25) is 0 Å². The maximum Gasteiger partial charge on any atom is 0.410 e. The molecule has 1 aromatic carbocycles. The van der Waals surface area contributed by atoms with Crippen LogP contribution in [0.5, 0.6) is 5.75 Å². The number of nitrogens with zero attached hydrogens (tertiary/aromatic N) is 2. The minimum atomic E-state index is -0.409. The van der Waals surface area contributed by atoms with Gasteiger partial charge in [-0.05, 0) is 36.8 Å². The molecule has 1 aromatic heterocycles. The van der Waals surface area contributed by atoms with E-state index in [9.17, 15) is 9.18 Å². The maximum absolute atomic E-state index is 14.1. The van der Waals surface area contributed by atoms with Crippen molar-refractivity contribution in [3.05, 3.63) is 54.1 Å². The fourth-order valence-electron chi connectivity index (χ4n) is 3.13. The van der Waals surface area contributed by atoms with Crippen LogP contribution in [0.1, 0.15) is 18.9 Å². The molecule has 3 rings (SSSR count). The number of carbonyl (C=O) groups is 1. The zero-order valence-corrected chi connectivity index (χ0v) is 15.6. The lowest BCUT2D eigenvalue weighted by atomic mass is 10.1. The molecule has 2 heterocycles. The van der Waals surface area contributed by atoms with Crippen LogP contribution in [0, 0.1) is 5.82 Å². The van der Waals surface area contributed by atoms with E-state index in [1.54, 1.807) is 17.0 Å². The zero-order valence-electron chi connectivity index (χ0n) is 15.6. The van der Waals surface area contributed by atoms with Crippen LogP contribution in [0.15, 0.2) is 42.7 Å². The molecule has 0 aliphatic carbocycles. The Bertz CT molecular complexity index is 736. The number of piperazine rings is 1. The highest BCUT2D eigenvalue weighted by Gasteiger charge is 2.26. The van der Waals surface area contributed by atoms with Crippen LogP contribution >= 0.6 is 0 Å². The van der Waals surface area contributed by atoms with Gasteiger partial charge in [0.1, 0.15) is 24.8 Å². The molecule has 1 fully saturated rings. The van der Waals surface area contributed by atoms with Crippen molar-refractivity contribution in [1.29, 1.82) is 0 Å². The summed E-state index contributed by atoms with van der Waals surface area (Å²) in [5.74, 6) is 0.149. The topological polar surface area (TPSA) is 55.7 Å². The molecule has 146 valence electrons. The predicted molar refractivity (Wildman–Crippen MR) is 100 cm³/mol. The molecule has 2 aromatic rings. The summed E-state index contributed by atoms with van der Waals surface area (Å²) < 4.78 is 27.1. The van der Waals surface area contributed by atoms with E-state index in [0.29, 0.717) is 31.0 Å². The van der Waals surface area contributed by atoms with Gasteiger partial charge in [0, 0.05) is 43.6 Å². The van der Waals surface area contributed by atoms with Crippen LogP contribution in [0.3, 0.4) is 0 Å². The predicted octanol–water partition coefficient (Wildman–Crippen LogP) is 3.03. The first-order valence-electron chi connectivity index (χ1n) is 9.33. The van der Waals surface area contributed by atoms with Crippen LogP contribution in [0.25, 0.3) is 0 Å². The van der Waals surface area contributed by atoms with E-state index < -0.39 is 11.9 Å². The normalized spacial score (nSPS) is 17.0. The van der Waals surface area contributed by atoms with Gasteiger partial charge in [0.25, 0.3) is 0 Å². The van der Waals surface area contributed by atoms with Gasteiger partial charge in [-0.1, -0.05) is 6.92 Å². The first-order valence-corrected chi connectivity index (χ1v) is 9.33. The van der Waals surface area contributed by atoms with Crippen molar-refractivity contribution in [2.45, 2.75) is 32.5 Å². The third kappa shape index (κ3) is 5.23. The number of amides is 1. The zero-order chi connectivity index (χ0) is 19.1. The van der Waals surface area contributed by atoms with Crippen LogP contribution in [-0.2, 0) is 17.9 Å². The smallest absolute Gasteiger partial charge is 0.410 e. The van der Waals surface area contributed by atoms with Gasteiger partial charge in [-0.15, -0.1) is 0 Å². The highest BCUT2D eigenvalue weighted by Crippen LogP contribution is 2.19. The summed E-state index contributed by atoms with van der Waals surface area (Å²) in [5, 5.41) is 3.26. The van der Waals surface area contributed by atoms with Crippen LogP contribution in [0.4, 0.5) is 9.18 Å². The molecule has 7 heteroatoms. The summed E-state index contributed by atoms with van der Waals surface area (Å²) in [4.78, 5) is 14.1. The second-order valence-corrected chi connectivity index (χ2v) is 6.54. The van der Waals surface area contributed by atoms with E-state index in [1.807, 2.05) is 36.0 Å². The summed E-state index contributed by atoms with van der Waals surface area (Å²) in [6.07, 6.45) is 4.36. The quantitative estimate of drug-likeness (QED) is 0.808. The van der Waals surface area contributed by atoms with E-state index in [0.717, 1.165) is 19.5 Å². The highest BCUT2D eigenvalue weighted by atomic mass is 19.1. The van der Waals surface area contributed by atoms with E-state index in [-0.39, 0.29) is 12.6 Å². The van der Waals surface area contributed by atoms with Crippen molar-refractivity contribution < 1.29 is 18.7 Å². The van der Waals surface area contributed by atoms with Gasteiger partial charge in [-0.2, -0.15) is 0 Å². The lowest BCUT2D eigenvalue weighted by Gasteiger charge is -2.34. The monoisotopic (exact) mass is 375 g/mol. The number of hydrogen-bond donors (Lipinski definition) is 1. The van der Waals surface area contributed by atoms with Gasteiger partial charge in [0.05, 0.1) is 6.54 Å². The van der Waals surface area contributed by atoms with Gasteiger partial charge in [-0.3, -0.25) is 0 Å².